The molecule has 1 saturated heterocycles. The van der Waals surface area contributed by atoms with Crippen LogP contribution in [-0.2, 0) is 0 Å². The molecular weight excluding hydrogens is 384 g/mol. The summed E-state index contributed by atoms with van der Waals surface area (Å²) in [6.07, 6.45) is 1.03. The molecule has 4 rings (SSSR count). The van der Waals surface area contributed by atoms with Crippen LogP contribution in [-0.4, -0.2) is 56.2 Å². The molecule has 1 aliphatic rings. The van der Waals surface area contributed by atoms with Crippen LogP contribution in [0.3, 0.4) is 0 Å². The highest BCUT2D eigenvalue weighted by atomic mass is 16.5. The summed E-state index contributed by atoms with van der Waals surface area (Å²) in [5, 5.41) is 0. The monoisotopic (exact) mass is 416 g/mol. The summed E-state index contributed by atoms with van der Waals surface area (Å²) < 4.78 is 11.1. The van der Waals surface area contributed by atoms with E-state index in [2.05, 4.69) is 70.5 Å². The highest BCUT2D eigenvalue weighted by molar-refractivity contribution is 5.32. The van der Waals surface area contributed by atoms with Crippen molar-refractivity contribution in [3.8, 4) is 11.5 Å². The Morgan fingerprint density at radius 3 is 1.81 bits per heavy atom. The fourth-order valence-electron chi connectivity index (χ4n) is 4.28. The fourth-order valence-corrected chi connectivity index (χ4v) is 4.28. The standard InChI is InChI=1S/C27H32N2O2/c1-30-25-13-15-26(16-14-25)31-22-8-17-28-18-20-29(21-19-28)27(23-9-4-2-5-10-23)24-11-6-3-7-12-24/h2-7,9-16,27H,8,17-22H2,1H3. The third-order valence-electron chi connectivity index (χ3n) is 5.95. The van der Waals surface area contributed by atoms with Crippen molar-refractivity contribution in [2.45, 2.75) is 12.5 Å². The molecule has 0 aliphatic carbocycles. The van der Waals surface area contributed by atoms with Crippen LogP contribution in [0.1, 0.15) is 23.6 Å². The zero-order chi connectivity index (χ0) is 21.3. The first-order valence-corrected chi connectivity index (χ1v) is 11.2. The Morgan fingerprint density at radius 2 is 1.26 bits per heavy atom. The normalized spacial score (nSPS) is 15.2. The van der Waals surface area contributed by atoms with Crippen LogP contribution in [0.25, 0.3) is 0 Å². The number of nitrogens with zero attached hydrogens (tertiary/aromatic N) is 2. The van der Waals surface area contributed by atoms with Gasteiger partial charge in [-0.3, -0.25) is 4.90 Å². The molecule has 31 heavy (non-hydrogen) atoms. The predicted molar refractivity (Wildman–Crippen MR) is 126 cm³/mol. The summed E-state index contributed by atoms with van der Waals surface area (Å²) in [4.78, 5) is 5.18. The van der Waals surface area contributed by atoms with E-state index in [9.17, 15) is 0 Å². The summed E-state index contributed by atoms with van der Waals surface area (Å²) in [5.41, 5.74) is 2.74. The first kappa shape index (κ1) is 21.4. The van der Waals surface area contributed by atoms with Gasteiger partial charge in [0.25, 0.3) is 0 Å². The zero-order valence-corrected chi connectivity index (χ0v) is 18.3. The lowest BCUT2D eigenvalue weighted by atomic mass is 9.96. The number of hydrogen-bond acceptors (Lipinski definition) is 4. The smallest absolute Gasteiger partial charge is 0.119 e. The maximum Gasteiger partial charge on any atom is 0.119 e. The van der Waals surface area contributed by atoms with Gasteiger partial charge in [-0.15, -0.1) is 0 Å². The third-order valence-corrected chi connectivity index (χ3v) is 5.95. The highest BCUT2D eigenvalue weighted by Gasteiger charge is 2.26. The van der Waals surface area contributed by atoms with Crippen molar-refractivity contribution in [2.24, 2.45) is 0 Å². The topological polar surface area (TPSA) is 24.9 Å². The van der Waals surface area contributed by atoms with Gasteiger partial charge in [0.15, 0.2) is 0 Å². The molecule has 1 aliphatic heterocycles. The second kappa shape index (κ2) is 11.0. The van der Waals surface area contributed by atoms with Crippen LogP contribution in [0.4, 0.5) is 0 Å². The van der Waals surface area contributed by atoms with Crippen molar-refractivity contribution < 1.29 is 9.47 Å². The number of hydrogen-bond donors (Lipinski definition) is 0. The molecule has 0 aromatic heterocycles. The van der Waals surface area contributed by atoms with Gasteiger partial charge in [-0.05, 0) is 41.8 Å². The first-order chi connectivity index (χ1) is 15.3. The third kappa shape index (κ3) is 5.87. The molecule has 4 nitrogen and oxygen atoms in total. The number of rotatable bonds is 9. The molecule has 0 bridgehead atoms. The second-order valence-electron chi connectivity index (χ2n) is 7.98. The Bertz CT molecular complexity index is 852. The minimum atomic E-state index is 0.322. The van der Waals surface area contributed by atoms with Crippen LogP contribution >= 0.6 is 0 Å². The van der Waals surface area contributed by atoms with Gasteiger partial charge in [0.2, 0.25) is 0 Å². The molecule has 0 spiro atoms. The quantitative estimate of drug-likeness (QED) is 0.465. The first-order valence-electron chi connectivity index (χ1n) is 11.2. The predicted octanol–water partition coefficient (Wildman–Crippen LogP) is 4.87. The van der Waals surface area contributed by atoms with Crippen LogP contribution < -0.4 is 9.47 Å². The van der Waals surface area contributed by atoms with Crippen molar-refractivity contribution in [2.75, 3.05) is 46.4 Å². The van der Waals surface area contributed by atoms with Gasteiger partial charge in [0.1, 0.15) is 11.5 Å². The van der Waals surface area contributed by atoms with Crippen LogP contribution in [0.5, 0.6) is 11.5 Å². The molecule has 0 unspecified atom stereocenters. The molecule has 0 radical (unpaired) electrons. The van der Waals surface area contributed by atoms with Crippen molar-refractivity contribution in [3.63, 3.8) is 0 Å². The van der Waals surface area contributed by atoms with E-state index in [1.54, 1.807) is 7.11 Å². The van der Waals surface area contributed by atoms with E-state index in [1.165, 1.54) is 11.1 Å². The highest BCUT2D eigenvalue weighted by Crippen LogP contribution is 2.29. The molecular formula is C27H32N2O2. The van der Waals surface area contributed by atoms with Gasteiger partial charge in [0, 0.05) is 32.7 Å². The summed E-state index contributed by atoms with van der Waals surface area (Å²) in [6.45, 7) is 6.16. The molecule has 1 fully saturated rings. The van der Waals surface area contributed by atoms with E-state index < -0.39 is 0 Å². The fraction of sp³-hybridized carbons (Fsp3) is 0.333. The zero-order valence-electron chi connectivity index (χ0n) is 18.3. The number of ether oxygens (including phenoxy) is 2. The Morgan fingerprint density at radius 1 is 0.710 bits per heavy atom. The van der Waals surface area contributed by atoms with E-state index in [0.717, 1.165) is 57.3 Å². The van der Waals surface area contributed by atoms with E-state index in [4.69, 9.17) is 9.47 Å². The number of methoxy groups -OCH3 is 1. The molecule has 0 amide bonds. The largest absolute Gasteiger partial charge is 0.497 e. The van der Waals surface area contributed by atoms with E-state index >= 15 is 0 Å². The molecule has 0 N–H and O–H groups in total. The second-order valence-corrected chi connectivity index (χ2v) is 7.98. The summed E-state index contributed by atoms with van der Waals surface area (Å²) in [6, 6.07) is 29.9. The maximum absolute atomic E-state index is 5.88. The molecule has 3 aromatic rings. The van der Waals surface area contributed by atoms with Gasteiger partial charge in [-0.1, -0.05) is 60.7 Å². The minimum Gasteiger partial charge on any atom is -0.497 e. The SMILES string of the molecule is COc1ccc(OCCCN2CCN(C(c3ccccc3)c3ccccc3)CC2)cc1. The van der Waals surface area contributed by atoms with E-state index in [1.807, 2.05) is 24.3 Å². The summed E-state index contributed by atoms with van der Waals surface area (Å²) in [5.74, 6) is 1.76. The average molecular weight is 417 g/mol. The van der Waals surface area contributed by atoms with Gasteiger partial charge in [0.05, 0.1) is 19.8 Å². The molecule has 3 aromatic carbocycles. The Hall–Kier alpha value is -2.82. The Kier molecular flexibility index (Phi) is 7.59. The van der Waals surface area contributed by atoms with Crippen molar-refractivity contribution in [1.82, 2.24) is 9.80 Å². The van der Waals surface area contributed by atoms with E-state index in [0.29, 0.717) is 6.04 Å². The number of piperazine rings is 1. The lowest BCUT2D eigenvalue weighted by molar-refractivity contribution is 0.105. The van der Waals surface area contributed by atoms with Gasteiger partial charge < -0.3 is 14.4 Å². The van der Waals surface area contributed by atoms with Crippen LogP contribution in [0, 0.1) is 0 Å². The number of benzene rings is 3. The molecule has 0 saturated carbocycles. The van der Waals surface area contributed by atoms with Crippen LogP contribution in [0.15, 0.2) is 84.9 Å². The van der Waals surface area contributed by atoms with E-state index in [-0.39, 0.29) is 0 Å². The van der Waals surface area contributed by atoms with Crippen molar-refractivity contribution in [3.05, 3.63) is 96.1 Å². The molecule has 162 valence electrons. The van der Waals surface area contributed by atoms with Gasteiger partial charge >= 0.3 is 0 Å². The molecule has 4 heteroatoms. The van der Waals surface area contributed by atoms with Gasteiger partial charge in [-0.2, -0.15) is 0 Å². The summed E-state index contributed by atoms with van der Waals surface area (Å²) in [7, 11) is 1.68. The van der Waals surface area contributed by atoms with Crippen molar-refractivity contribution >= 4 is 0 Å². The van der Waals surface area contributed by atoms with Crippen molar-refractivity contribution in [1.29, 1.82) is 0 Å². The average Bonchev–Trinajstić information content (AvgIpc) is 2.85. The summed E-state index contributed by atoms with van der Waals surface area (Å²) >= 11 is 0. The Balaban J connectivity index is 1.27. The minimum absolute atomic E-state index is 0.322. The lowest BCUT2D eigenvalue weighted by Gasteiger charge is -2.39. The van der Waals surface area contributed by atoms with Gasteiger partial charge in [-0.25, -0.2) is 0 Å². The Labute approximate surface area is 186 Å². The maximum atomic E-state index is 5.88. The van der Waals surface area contributed by atoms with Crippen LogP contribution in [0.2, 0.25) is 0 Å². The lowest BCUT2D eigenvalue weighted by Crippen LogP contribution is -2.48. The molecule has 0 atom stereocenters. The molecule has 1 heterocycles.